The van der Waals surface area contributed by atoms with Crippen LogP contribution in [0.15, 0.2) is 22.7 Å². The van der Waals surface area contributed by atoms with Crippen LogP contribution in [0.2, 0.25) is 0 Å². The van der Waals surface area contributed by atoms with Crippen molar-refractivity contribution in [2.45, 2.75) is 32.0 Å². The topological polar surface area (TPSA) is 89.7 Å². The number of methoxy groups -OCH3 is 2. The van der Waals surface area contributed by atoms with Gasteiger partial charge >= 0.3 is 6.03 Å². The highest BCUT2D eigenvalue weighted by Crippen LogP contribution is 2.31. The quantitative estimate of drug-likeness (QED) is 0.860. The molecule has 0 spiro atoms. The largest absolute Gasteiger partial charge is 0.493 e. The van der Waals surface area contributed by atoms with Crippen molar-refractivity contribution in [3.8, 4) is 22.9 Å². The summed E-state index contributed by atoms with van der Waals surface area (Å²) in [6.07, 6.45) is -0.0936. The summed E-state index contributed by atoms with van der Waals surface area (Å²) in [5.74, 6) is 1.82. The standard InChI is InChI=1S/C18H23FN4O4/c1-11(20-18(24)23-8-6-13(19)7-9-23)17-21-16(22-27-17)12-4-5-14(25-2)15(10-12)26-3/h4-5,10-11,13H,6-9H2,1-3H3,(H,20,24)/t11-/m0/s1. The van der Waals surface area contributed by atoms with E-state index in [2.05, 4.69) is 15.5 Å². The van der Waals surface area contributed by atoms with Crippen molar-refractivity contribution in [1.29, 1.82) is 0 Å². The van der Waals surface area contributed by atoms with Crippen LogP contribution in [0.3, 0.4) is 0 Å². The number of aromatic nitrogens is 2. The summed E-state index contributed by atoms with van der Waals surface area (Å²) in [4.78, 5) is 18.2. The van der Waals surface area contributed by atoms with Crippen LogP contribution in [-0.2, 0) is 0 Å². The maximum absolute atomic E-state index is 13.2. The van der Waals surface area contributed by atoms with Crippen molar-refractivity contribution in [3.63, 3.8) is 0 Å². The first-order valence-electron chi connectivity index (χ1n) is 8.77. The second-order valence-corrected chi connectivity index (χ2v) is 6.36. The van der Waals surface area contributed by atoms with Gasteiger partial charge in [0.2, 0.25) is 11.7 Å². The van der Waals surface area contributed by atoms with Gasteiger partial charge in [0.05, 0.1) is 14.2 Å². The van der Waals surface area contributed by atoms with Gasteiger partial charge in [-0.25, -0.2) is 9.18 Å². The Morgan fingerprint density at radius 1 is 1.30 bits per heavy atom. The lowest BCUT2D eigenvalue weighted by molar-refractivity contribution is 0.149. The third kappa shape index (κ3) is 4.29. The molecule has 0 aliphatic carbocycles. The van der Waals surface area contributed by atoms with Crippen molar-refractivity contribution in [2.24, 2.45) is 0 Å². The zero-order valence-electron chi connectivity index (χ0n) is 15.6. The molecule has 1 fully saturated rings. The summed E-state index contributed by atoms with van der Waals surface area (Å²) >= 11 is 0. The van der Waals surface area contributed by atoms with E-state index in [1.807, 2.05) is 0 Å². The number of urea groups is 1. The van der Waals surface area contributed by atoms with Crippen molar-refractivity contribution in [3.05, 3.63) is 24.1 Å². The maximum atomic E-state index is 13.2. The van der Waals surface area contributed by atoms with Crippen LogP contribution in [0, 0.1) is 0 Å². The maximum Gasteiger partial charge on any atom is 0.318 e. The average Bonchev–Trinajstić information content (AvgIpc) is 3.18. The lowest BCUT2D eigenvalue weighted by Gasteiger charge is -2.29. The molecule has 2 amide bonds. The molecule has 1 aliphatic rings. The Labute approximate surface area is 156 Å². The molecule has 0 unspecified atom stereocenters. The Kier molecular flexibility index (Phi) is 5.78. The Balaban J connectivity index is 1.67. The molecule has 27 heavy (non-hydrogen) atoms. The zero-order chi connectivity index (χ0) is 19.4. The lowest BCUT2D eigenvalue weighted by Crippen LogP contribution is -2.45. The summed E-state index contributed by atoms with van der Waals surface area (Å²) in [6, 6.07) is 4.56. The van der Waals surface area contributed by atoms with Gasteiger partial charge in [0.1, 0.15) is 12.2 Å². The fourth-order valence-electron chi connectivity index (χ4n) is 2.89. The van der Waals surface area contributed by atoms with Gasteiger partial charge in [0.25, 0.3) is 0 Å². The van der Waals surface area contributed by atoms with Gasteiger partial charge in [-0.15, -0.1) is 0 Å². The number of nitrogens with zero attached hydrogens (tertiary/aromatic N) is 3. The Bertz CT molecular complexity index is 789. The van der Waals surface area contributed by atoms with Crippen LogP contribution in [0.25, 0.3) is 11.4 Å². The van der Waals surface area contributed by atoms with Crippen molar-refractivity contribution >= 4 is 6.03 Å². The van der Waals surface area contributed by atoms with Crippen LogP contribution in [-0.4, -0.2) is 54.6 Å². The molecule has 9 heteroatoms. The van der Waals surface area contributed by atoms with E-state index in [1.165, 1.54) is 0 Å². The van der Waals surface area contributed by atoms with Gasteiger partial charge in [0.15, 0.2) is 11.5 Å². The molecule has 3 rings (SSSR count). The van der Waals surface area contributed by atoms with Gasteiger partial charge in [-0.3, -0.25) is 0 Å². The monoisotopic (exact) mass is 378 g/mol. The summed E-state index contributed by atoms with van der Waals surface area (Å²) in [6.45, 7) is 2.56. The summed E-state index contributed by atoms with van der Waals surface area (Å²) < 4.78 is 29.0. The van der Waals surface area contributed by atoms with Crippen molar-refractivity contribution < 1.29 is 23.2 Å². The van der Waals surface area contributed by atoms with E-state index in [1.54, 1.807) is 44.2 Å². The Morgan fingerprint density at radius 3 is 2.67 bits per heavy atom. The van der Waals surface area contributed by atoms with Crippen LogP contribution in [0.4, 0.5) is 9.18 Å². The van der Waals surface area contributed by atoms with Crippen LogP contribution >= 0.6 is 0 Å². The minimum Gasteiger partial charge on any atom is -0.493 e. The van der Waals surface area contributed by atoms with E-state index < -0.39 is 12.2 Å². The van der Waals surface area contributed by atoms with E-state index in [0.29, 0.717) is 48.8 Å². The Morgan fingerprint density at radius 2 is 2.00 bits per heavy atom. The van der Waals surface area contributed by atoms with E-state index >= 15 is 0 Å². The fraction of sp³-hybridized carbons (Fsp3) is 0.500. The third-order valence-corrected chi connectivity index (χ3v) is 4.51. The van der Waals surface area contributed by atoms with Crippen molar-refractivity contribution in [1.82, 2.24) is 20.4 Å². The van der Waals surface area contributed by atoms with Gasteiger partial charge in [-0.2, -0.15) is 4.98 Å². The highest BCUT2D eigenvalue weighted by Gasteiger charge is 2.25. The normalized spacial score (nSPS) is 16.1. The molecule has 1 saturated heterocycles. The number of hydrogen-bond acceptors (Lipinski definition) is 6. The van der Waals surface area contributed by atoms with Gasteiger partial charge in [-0.1, -0.05) is 5.16 Å². The Hall–Kier alpha value is -2.84. The van der Waals surface area contributed by atoms with Gasteiger partial charge in [0, 0.05) is 18.7 Å². The molecule has 1 aromatic carbocycles. The number of carbonyl (C=O) groups is 1. The number of piperidine rings is 1. The molecule has 1 aliphatic heterocycles. The minimum atomic E-state index is -0.827. The first-order valence-corrected chi connectivity index (χ1v) is 8.77. The minimum absolute atomic E-state index is 0.264. The molecule has 0 saturated carbocycles. The molecule has 146 valence electrons. The first-order chi connectivity index (χ1) is 13.0. The van der Waals surface area contributed by atoms with Gasteiger partial charge < -0.3 is 24.2 Å². The van der Waals surface area contributed by atoms with E-state index in [9.17, 15) is 9.18 Å². The zero-order valence-corrected chi connectivity index (χ0v) is 15.6. The second kappa shape index (κ2) is 8.24. The SMILES string of the molecule is COc1ccc(-c2noc([C@H](C)NC(=O)N3CCC(F)CC3)n2)cc1OC. The number of alkyl halides is 1. The summed E-state index contributed by atoms with van der Waals surface area (Å²) in [5, 5.41) is 6.78. The van der Waals surface area contributed by atoms with Crippen molar-refractivity contribution in [2.75, 3.05) is 27.3 Å². The number of carbonyl (C=O) groups excluding carboxylic acids is 1. The number of halogens is 1. The predicted octanol–water partition coefficient (Wildman–Crippen LogP) is 2.96. The number of amides is 2. The molecule has 1 N–H and O–H groups in total. The number of hydrogen-bond donors (Lipinski definition) is 1. The second-order valence-electron chi connectivity index (χ2n) is 6.36. The number of nitrogens with one attached hydrogen (secondary N) is 1. The smallest absolute Gasteiger partial charge is 0.318 e. The first kappa shape index (κ1) is 18.9. The highest BCUT2D eigenvalue weighted by molar-refractivity contribution is 5.74. The molecule has 1 atom stereocenters. The van der Waals surface area contributed by atoms with Gasteiger partial charge in [-0.05, 0) is 38.0 Å². The van der Waals surface area contributed by atoms with Crippen LogP contribution < -0.4 is 14.8 Å². The number of ether oxygens (including phenoxy) is 2. The molecule has 2 heterocycles. The number of rotatable bonds is 5. The van der Waals surface area contributed by atoms with E-state index in [0.717, 1.165) is 0 Å². The predicted molar refractivity (Wildman–Crippen MR) is 95.5 cm³/mol. The number of likely N-dealkylation sites (tertiary alicyclic amines) is 1. The molecular weight excluding hydrogens is 355 g/mol. The molecule has 8 nitrogen and oxygen atoms in total. The molecule has 2 aromatic rings. The third-order valence-electron chi connectivity index (χ3n) is 4.51. The fourth-order valence-corrected chi connectivity index (χ4v) is 2.89. The highest BCUT2D eigenvalue weighted by atomic mass is 19.1. The summed E-state index contributed by atoms with van der Waals surface area (Å²) in [7, 11) is 3.11. The van der Waals surface area contributed by atoms with E-state index in [4.69, 9.17) is 14.0 Å². The van der Waals surface area contributed by atoms with E-state index in [-0.39, 0.29) is 11.9 Å². The average molecular weight is 378 g/mol. The lowest BCUT2D eigenvalue weighted by atomic mass is 10.1. The van der Waals surface area contributed by atoms with Crippen LogP contribution in [0.5, 0.6) is 11.5 Å². The molecular formula is C18H23FN4O4. The summed E-state index contributed by atoms with van der Waals surface area (Å²) in [5.41, 5.74) is 0.700. The molecule has 0 radical (unpaired) electrons. The number of benzene rings is 1. The molecule has 0 bridgehead atoms. The van der Waals surface area contributed by atoms with Crippen LogP contribution in [0.1, 0.15) is 31.7 Å². The molecule has 1 aromatic heterocycles.